The largest absolute Gasteiger partial charge is 0.497 e. The minimum absolute atomic E-state index is 0.172. The molecular weight excluding hydrogens is 561 g/mol. The Morgan fingerprint density at radius 2 is 1.59 bits per heavy atom. The topological polar surface area (TPSA) is 85.4 Å². The number of ether oxygens (including phenoxy) is 3. The Morgan fingerprint density at radius 1 is 0.927 bits per heavy atom. The number of carbonyl (C=O) groups excluding carboxylic acids is 1. The van der Waals surface area contributed by atoms with Crippen molar-refractivity contribution in [3.63, 3.8) is 0 Å². The zero-order chi connectivity index (χ0) is 29.6. The number of piperazine rings is 1. The number of esters is 1. The van der Waals surface area contributed by atoms with Crippen LogP contribution in [-0.4, -0.2) is 70.5 Å². The van der Waals surface area contributed by atoms with Gasteiger partial charge in [-0.15, -0.1) is 0 Å². The maximum atomic E-state index is 13.1. The highest BCUT2D eigenvalue weighted by Gasteiger charge is 2.33. The number of sulfonamides is 1. The normalized spacial score (nSPS) is 15.8. The zero-order valence-corrected chi connectivity index (χ0v) is 23.5. The number of benzene rings is 3. The van der Waals surface area contributed by atoms with Crippen molar-refractivity contribution in [2.45, 2.75) is 23.8 Å². The molecule has 1 aliphatic rings. The number of alkyl halides is 3. The van der Waals surface area contributed by atoms with Crippen LogP contribution in [0.1, 0.15) is 33.2 Å². The molecule has 3 aromatic carbocycles. The average Bonchev–Trinajstić information content (AvgIpc) is 2.99. The van der Waals surface area contributed by atoms with E-state index in [0.29, 0.717) is 30.9 Å². The Labute approximate surface area is 237 Å². The molecule has 1 saturated heterocycles. The summed E-state index contributed by atoms with van der Waals surface area (Å²) in [5, 5.41) is 0. The van der Waals surface area contributed by atoms with Crippen LogP contribution in [0.4, 0.5) is 13.2 Å². The molecule has 0 aromatic heterocycles. The van der Waals surface area contributed by atoms with Crippen molar-refractivity contribution in [2.75, 3.05) is 46.9 Å². The predicted molar refractivity (Wildman–Crippen MR) is 145 cm³/mol. The van der Waals surface area contributed by atoms with Crippen LogP contribution in [0.15, 0.2) is 77.7 Å². The second kappa shape index (κ2) is 13.0. The Bertz CT molecular complexity index is 1420. The third-order valence-corrected chi connectivity index (χ3v) is 8.78. The highest BCUT2D eigenvalue weighted by atomic mass is 32.2. The fraction of sp³-hybridized carbons (Fsp3) is 0.345. The van der Waals surface area contributed by atoms with Crippen molar-refractivity contribution in [2.24, 2.45) is 0 Å². The molecule has 1 heterocycles. The minimum atomic E-state index is -4.54. The summed E-state index contributed by atoms with van der Waals surface area (Å²) in [6.45, 7) is 1.94. The number of hydrogen-bond acceptors (Lipinski definition) is 7. The Morgan fingerprint density at radius 3 is 2.17 bits per heavy atom. The number of halogens is 3. The lowest BCUT2D eigenvalue weighted by molar-refractivity contribution is -0.137. The maximum absolute atomic E-state index is 13.1. The number of rotatable bonds is 10. The summed E-state index contributed by atoms with van der Waals surface area (Å²) < 4.78 is 82.5. The van der Waals surface area contributed by atoms with Crippen LogP contribution in [0.3, 0.4) is 0 Å². The van der Waals surface area contributed by atoms with E-state index in [-0.39, 0.29) is 30.7 Å². The Hall–Kier alpha value is -3.45. The van der Waals surface area contributed by atoms with E-state index in [4.69, 9.17) is 14.2 Å². The third-order valence-electron chi connectivity index (χ3n) is 6.87. The van der Waals surface area contributed by atoms with Crippen LogP contribution in [0.2, 0.25) is 0 Å². The first-order valence-corrected chi connectivity index (χ1v) is 14.3. The molecule has 0 aliphatic carbocycles. The van der Waals surface area contributed by atoms with Crippen LogP contribution in [0.5, 0.6) is 5.75 Å². The van der Waals surface area contributed by atoms with Crippen LogP contribution in [0, 0.1) is 0 Å². The second-order valence-corrected chi connectivity index (χ2v) is 11.4. The van der Waals surface area contributed by atoms with E-state index in [1.165, 1.54) is 11.4 Å². The van der Waals surface area contributed by atoms with E-state index in [1.54, 1.807) is 31.4 Å². The summed E-state index contributed by atoms with van der Waals surface area (Å²) in [5.74, 6) is 0.247. The predicted octanol–water partition coefficient (Wildman–Crippen LogP) is 4.77. The Balaban J connectivity index is 1.42. The van der Waals surface area contributed by atoms with Gasteiger partial charge in [0.2, 0.25) is 10.0 Å². The molecular formula is C29H31F3N2O6S. The van der Waals surface area contributed by atoms with Gasteiger partial charge in [0, 0.05) is 32.7 Å². The number of methoxy groups -OCH3 is 2. The zero-order valence-electron chi connectivity index (χ0n) is 22.6. The summed E-state index contributed by atoms with van der Waals surface area (Å²) in [7, 11) is -1.04. The summed E-state index contributed by atoms with van der Waals surface area (Å²) >= 11 is 0. The first-order valence-electron chi connectivity index (χ1n) is 12.8. The van der Waals surface area contributed by atoms with Gasteiger partial charge in [-0.25, -0.2) is 13.2 Å². The molecule has 41 heavy (non-hydrogen) atoms. The SMILES string of the molecule is COC(=O)c1ccc(CO[C@@H](CN2CCN(S(=O)(=O)c3ccc(C(F)(F)F)cc3)CC2)c2cccc(OC)c2)cc1. The summed E-state index contributed by atoms with van der Waals surface area (Å²) in [6, 6.07) is 18.0. The van der Waals surface area contributed by atoms with E-state index in [1.807, 2.05) is 24.3 Å². The molecule has 0 amide bonds. The molecule has 4 rings (SSSR count). The molecule has 1 aliphatic heterocycles. The van der Waals surface area contributed by atoms with Gasteiger partial charge in [-0.2, -0.15) is 17.5 Å². The quantitative estimate of drug-likeness (QED) is 0.314. The van der Waals surface area contributed by atoms with Crippen molar-refractivity contribution in [1.82, 2.24) is 9.21 Å². The summed E-state index contributed by atoms with van der Waals surface area (Å²) in [4.78, 5) is 13.6. The standard InChI is InChI=1S/C29H31F3N2O6S/c1-38-25-5-3-4-23(18-25)27(40-20-21-6-8-22(9-7-21)28(35)39-2)19-33-14-16-34(17-15-33)41(36,37)26-12-10-24(11-13-26)29(30,31)32/h3-13,18,27H,14-17,19-20H2,1-2H3/t27-/m0/s1. The molecule has 0 saturated carbocycles. The van der Waals surface area contributed by atoms with Gasteiger partial charge in [0.05, 0.1) is 43.0 Å². The van der Waals surface area contributed by atoms with E-state index < -0.39 is 27.7 Å². The van der Waals surface area contributed by atoms with E-state index >= 15 is 0 Å². The molecule has 3 aromatic rings. The van der Waals surface area contributed by atoms with E-state index in [0.717, 1.165) is 35.4 Å². The van der Waals surface area contributed by atoms with Gasteiger partial charge >= 0.3 is 12.1 Å². The van der Waals surface area contributed by atoms with Gasteiger partial charge in [0.1, 0.15) is 5.75 Å². The van der Waals surface area contributed by atoms with Crippen molar-refractivity contribution in [3.8, 4) is 5.75 Å². The van der Waals surface area contributed by atoms with Crippen LogP contribution in [0.25, 0.3) is 0 Å². The third kappa shape index (κ3) is 7.64. The molecule has 0 unspecified atom stereocenters. The van der Waals surface area contributed by atoms with Gasteiger partial charge in [0.15, 0.2) is 0 Å². The lowest BCUT2D eigenvalue weighted by Crippen LogP contribution is -2.49. The summed E-state index contributed by atoms with van der Waals surface area (Å²) in [5.41, 5.74) is 1.28. The van der Waals surface area contributed by atoms with E-state index in [9.17, 15) is 26.4 Å². The first-order chi connectivity index (χ1) is 19.5. The molecule has 8 nitrogen and oxygen atoms in total. The summed E-state index contributed by atoms with van der Waals surface area (Å²) in [6.07, 6.45) is -4.91. The smallest absolute Gasteiger partial charge is 0.416 e. The van der Waals surface area contributed by atoms with Crippen molar-refractivity contribution >= 4 is 16.0 Å². The molecule has 220 valence electrons. The average molecular weight is 593 g/mol. The second-order valence-electron chi connectivity index (χ2n) is 9.49. The Kier molecular flexibility index (Phi) is 9.69. The van der Waals surface area contributed by atoms with Gasteiger partial charge in [-0.1, -0.05) is 24.3 Å². The first kappa shape index (κ1) is 30.5. The maximum Gasteiger partial charge on any atom is 0.416 e. The highest BCUT2D eigenvalue weighted by molar-refractivity contribution is 7.89. The van der Waals surface area contributed by atoms with Crippen LogP contribution >= 0.6 is 0 Å². The molecule has 0 N–H and O–H groups in total. The fourth-order valence-electron chi connectivity index (χ4n) is 4.50. The van der Waals surface area contributed by atoms with Crippen LogP contribution in [-0.2, 0) is 32.3 Å². The van der Waals surface area contributed by atoms with Gasteiger partial charge in [-0.3, -0.25) is 4.90 Å². The fourth-order valence-corrected chi connectivity index (χ4v) is 5.92. The molecule has 0 spiro atoms. The van der Waals surface area contributed by atoms with Gasteiger partial charge in [-0.05, 0) is 59.7 Å². The molecule has 0 radical (unpaired) electrons. The number of hydrogen-bond donors (Lipinski definition) is 0. The van der Waals surface area contributed by atoms with Crippen molar-refractivity contribution in [1.29, 1.82) is 0 Å². The van der Waals surface area contributed by atoms with E-state index in [2.05, 4.69) is 4.90 Å². The van der Waals surface area contributed by atoms with Crippen molar-refractivity contribution in [3.05, 3.63) is 95.1 Å². The number of nitrogens with zero attached hydrogens (tertiary/aromatic N) is 2. The molecule has 12 heteroatoms. The molecule has 0 bridgehead atoms. The monoisotopic (exact) mass is 592 g/mol. The van der Waals surface area contributed by atoms with Gasteiger partial charge in [0.25, 0.3) is 0 Å². The van der Waals surface area contributed by atoms with Crippen molar-refractivity contribution < 1.29 is 40.6 Å². The lowest BCUT2D eigenvalue weighted by Gasteiger charge is -2.36. The van der Waals surface area contributed by atoms with Gasteiger partial charge < -0.3 is 14.2 Å². The molecule has 1 fully saturated rings. The lowest BCUT2D eigenvalue weighted by atomic mass is 10.1. The molecule has 1 atom stereocenters. The number of carbonyl (C=O) groups is 1. The highest BCUT2D eigenvalue weighted by Crippen LogP contribution is 2.31. The minimum Gasteiger partial charge on any atom is -0.497 e. The van der Waals surface area contributed by atoms with Crippen LogP contribution < -0.4 is 4.74 Å².